The molecular weight excluding hydrogens is 413 g/mol. The topological polar surface area (TPSA) is 81.1 Å². The Hall–Kier alpha value is -2.75. The quantitative estimate of drug-likeness (QED) is 0.526. The fraction of sp³-hybridized carbons (Fsp3) is 0.450. The van der Waals surface area contributed by atoms with Gasteiger partial charge in [-0.1, -0.05) is 11.8 Å². The van der Waals surface area contributed by atoms with Crippen LogP contribution in [0.25, 0.3) is 10.9 Å². The minimum Gasteiger partial charge on any atom is -0.492 e. The summed E-state index contributed by atoms with van der Waals surface area (Å²) in [6.45, 7) is 5.56. The van der Waals surface area contributed by atoms with Crippen LogP contribution in [0.15, 0.2) is 15.9 Å². The van der Waals surface area contributed by atoms with E-state index >= 15 is 4.39 Å². The fourth-order valence-electron chi connectivity index (χ4n) is 4.02. The number of anilines is 1. The third-order valence-electron chi connectivity index (χ3n) is 5.44. The van der Waals surface area contributed by atoms with E-state index in [1.54, 1.807) is 11.8 Å². The summed E-state index contributed by atoms with van der Waals surface area (Å²) < 4.78 is 27.8. The second-order valence-corrected chi connectivity index (χ2v) is 8.39. The Morgan fingerprint density at radius 3 is 2.60 bits per heavy atom. The van der Waals surface area contributed by atoms with Crippen LogP contribution in [0.4, 0.5) is 10.1 Å². The molecule has 0 aliphatic carbocycles. The minimum atomic E-state index is -0.707. The van der Waals surface area contributed by atoms with Crippen LogP contribution in [0.1, 0.15) is 29.6 Å². The van der Waals surface area contributed by atoms with Crippen molar-refractivity contribution >= 4 is 40.7 Å². The number of aromatic nitrogens is 1. The fourth-order valence-corrected chi connectivity index (χ4v) is 5.16. The molecular formula is C20H22FN3O5S. The second-order valence-electron chi connectivity index (χ2n) is 7.08. The van der Waals surface area contributed by atoms with Gasteiger partial charge >= 0.3 is 5.97 Å². The molecule has 0 radical (unpaired) electrons. The van der Waals surface area contributed by atoms with Gasteiger partial charge in [-0.15, -0.1) is 0 Å². The van der Waals surface area contributed by atoms with Crippen LogP contribution in [0, 0.1) is 5.82 Å². The minimum absolute atomic E-state index is 0.0598. The number of carbonyl (C=O) groups excluding carboxylic acids is 2. The number of hydrogen-bond donors (Lipinski definition) is 0. The number of hydrogen-bond acceptors (Lipinski definition) is 7. The Morgan fingerprint density at radius 2 is 2.03 bits per heavy atom. The monoisotopic (exact) mass is 435 g/mol. The summed E-state index contributed by atoms with van der Waals surface area (Å²) in [6.07, 6.45) is 0.781. The van der Waals surface area contributed by atoms with Gasteiger partial charge in [0.2, 0.25) is 11.8 Å². The Labute approximate surface area is 176 Å². The Morgan fingerprint density at radius 1 is 1.33 bits per heavy atom. The van der Waals surface area contributed by atoms with E-state index in [4.69, 9.17) is 9.47 Å². The predicted molar refractivity (Wildman–Crippen MR) is 111 cm³/mol. The number of pyridine rings is 1. The van der Waals surface area contributed by atoms with E-state index < -0.39 is 17.2 Å². The molecule has 0 spiro atoms. The summed E-state index contributed by atoms with van der Waals surface area (Å²) in [5, 5.41) is 0.522. The molecule has 2 aliphatic heterocycles. The van der Waals surface area contributed by atoms with E-state index in [-0.39, 0.29) is 34.4 Å². The average molecular weight is 435 g/mol. The molecule has 0 N–H and O–H groups in total. The molecule has 1 atom stereocenters. The number of thioether (sulfide) groups is 1. The first-order valence-electron chi connectivity index (χ1n) is 9.69. The van der Waals surface area contributed by atoms with E-state index in [0.29, 0.717) is 36.7 Å². The van der Waals surface area contributed by atoms with Crippen molar-refractivity contribution in [2.45, 2.75) is 24.2 Å². The summed E-state index contributed by atoms with van der Waals surface area (Å²) in [5.74, 6) is -1.06. The molecule has 1 saturated heterocycles. The summed E-state index contributed by atoms with van der Waals surface area (Å²) >= 11 is 1.39. The third kappa shape index (κ3) is 3.01. The molecule has 4 rings (SSSR count). The van der Waals surface area contributed by atoms with E-state index in [1.165, 1.54) is 24.9 Å². The molecule has 30 heavy (non-hydrogen) atoms. The van der Waals surface area contributed by atoms with Gasteiger partial charge in [0, 0.05) is 26.2 Å². The van der Waals surface area contributed by atoms with Crippen molar-refractivity contribution in [1.82, 2.24) is 9.47 Å². The molecule has 1 aromatic heterocycles. The SMILES string of the molecule is CCOC(=O)c1c2n(c3c(OC)c(N4CCN(C=O)CC4)c(F)cc3c1=O)C(C)S2. The number of nitrogens with zero attached hydrogens (tertiary/aromatic N) is 3. The first kappa shape index (κ1) is 20.5. The van der Waals surface area contributed by atoms with Gasteiger partial charge in [0.1, 0.15) is 11.3 Å². The van der Waals surface area contributed by atoms with Gasteiger partial charge in [-0.05, 0) is 19.9 Å². The number of piperazine rings is 1. The smallest absolute Gasteiger partial charge is 0.344 e. The van der Waals surface area contributed by atoms with Gasteiger partial charge in [0.15, 0.2) is 11.6 Å². The Balaban J connectivity index is 1.95. The van der Waals surface area contributed by atoms with Crippen LogP contribution in [0.2, 0.25) is 0 Å². The molecule has 3 heterocycles. The first-order chi connectivity index (χ1) is 14.4. The van der Waals surface area contributed by atoms with Gasteiger partial charge in [0.05, 0.1) is 35.0 Å². The lowest BCUT2D eigenvalue weighted by Crippen LogP contribution is -2.46. The van der Waals surface area contributed by atoms with Crippen LogP contribution in [-0.4, -0.2) is 61.7 Å². The highest BCUT2D eigenvalue weighted by Crippen LogP contribution is 2.50. The maximum absolute atomic E-state index is 15.3. The highest BCUT2D eigenvalue weighted by Gasteiger charge is 2.36. The van der Waals surface area contributed by atoms with E-state index in [0.717, 1.165) is 6.41 Å². The molecule has 2 aliphatic rings. The van der Waals surface area contributed by atoms with Gasteiger partial charge in [-0.2, -0.15) is 0 Å². The van der Waals surface area contributed by atoms with Gasteiger partial charge in [-0.3, -0.25) is 9.59 Å². The number of esters is 1. The Bertz CT molecular complexity index is 1090. The van der Waals surface area contributed by atoms with Crippen LogP contribution >= 0.6 is 11.8 Å². The molecule has 1 aromatic carbocycles. The highest BCUT2D eigenvalue weighted by molar-refractivity contribution is 8.00. The van der Waals surface area contributed by atoms with Crippen LogP contribution in [0.5, 0.6) is 5.75 Å². The van der Waals surface area contributed by atoms with Crippen molar-refractivity contribution in [2.24, 2.45) is 0 Å². The number of carbonyl (C=O) groups is 2. The second kappa shape index (κ2) is 7.82. The van der Waals surface area contributed by atoms with Gasteiger partial charge in [0.25, 0.3) is 0 Å². The molecule has 0 saturated carbocycles. The van der Waals surface area contributed by atoms with Crippen molar-refractivity contribution in [2.75, 3.05) is 44.8 Å². The number of fused-ring (bicyclic) bond motifs is 3. The zero-order chi connectivity index (χ0) is 21.6. The highest BCUT2D eigenvalue weighted by atomic mass is 32.2. The number of methoxy groups -OCH3 is 1. The lowest BCUT2D eigenvalue weighted by Gasteiger charge is -2.37. The Kier molecular flexibility index (Phi) is 5.35. The summed E-state index contributed by atoms with van der Waals surface area (Å²) in [4.78, 5) is 40.0. The van der Waals surface area contributed by atoms with Crippen molar-refractivity contribution in [1.29, 1.82) is 0 Å². The predicted octanol–water partition coefficient (Wildman–Crippen LogP) is 2.23. The standard InChI is InChI=1S/C20H22FN3O5S/c1-4-29-20(27)14-17(26)12-9-13(21)16(23-7-5-22(10-25)6-8-23)18(28-3)15(12)24-11(2)30-19(14)24/h9-11H,4-8H2,1-3H3. The maximum Gasteiger partial charge on any atom is 0.344 e. The van der Waals surface area contributed by atoms with Crippen LogP contribution in [0.3, 0.4) is 0 Å². The lowest BCUT2D eigenvalue weighted by atomic mass is 10.1. The summed E-state index contributed by atoms with van der Waals surface area (Å²) in [7, 11) is 1.44. The average Bonchev–Trinajstić information content (AvgIpc) is 2.73. The van der Waals surface area contributed by atoms with Crippen molar-refractivity contribution in [3.8, 4) is 5.75 Å². The maximum atomic E-state index is 15.3. The van der Waals surface area contributed by atoms with E-state index in [1.807, 2.05) is 16.4 Å². The number of rotatable bonds is 5. The molecule has 10 heteroatoms. The number of amides is 1. The molecule has 0 bridgehead atoms. The molecule has 1 unspecified atom stereocenters. The number of halogens is 1. The van der Waals surface area contributed by atoms with Crippen molar-refractivity contribution < 1.29 is 23.5 Å². The summed E-state index contributed by atoms with van der Waals surface area (Å²) in [6, 6.07) is 1.17. The van der Waals surface area contributed by atoms with Crippen LogP contribution < -0.4 is 15.1 Å². The lowest BCUT2D eigenvalue weighted by molar-refractivity contribution is -0.118. The number of benzene rings is 1. The molecule has 160 valence electrons. The molecule has 8 nitrogen and oxygen atoms in total. The number of ether oxygens (including phenoxy) is 2. The van der Waals surface area contributed by atoms with E-state index in [9.17, 15) is 14.4 Å². The zero-order valence-corrected chi connectivity index (χ0v) is 17.8. The largest absolute Gasteiger partial charge is 0.492 e. The molecule has 1 fully saturated rings. The third-order valence-corrected chi connectivity index (χ3v) is 6.61. The first-order valence-corrected chi connectivity index (χ1v) is 10.6. The van der Waals surface area contributed by atoms with Crippen molar-refractivity contribution in [3.05, 3.63) is 27.7 Å². The molecule has 1 amide bonds. The molecule has 2 aromatic rings. The normalized spacial score (nSPS) is 18.1. The van der Waals surface area contributed by atoms with Gasteiger partial charge in [-0.25, -0.2) is 9.18 Å². The van der Waals surface area contributed by atoms with Gasteiger partial charge < -0.3 is 23.8 Å². The zero-order valence-electron chi connectivity index (χ0n) is 16.9. The van der Waals surface area contributed by atoms with Crippen LogP contribution in [-0.2, 0) is 9.53 Å². The van der Waals surface area contributed by atoms with Crippen molar-refractivity contribution in [3.63, 3.8) is 0 Å². The van der Waals surface area contributed by atoms with E-state index in [2.05, 4.69) is 0 Å². The summed E-state index contributed by atoms with van der Waals surface area (Å²) in [5.41, 5.74) is 0.0912.